The normalized spacial score (nSPS) is 16.8. The first-order valence-electron chi connectivity index (χ1n) is 8.86. The number of carbonyl (C=O) groups is 2. The molecule has 0 aliphatic carbocycles. The summed E-state index contributed by atoms with van der Waals surface area (Å²) in [6.07, 6.45) is 2.40. The van der Waals surface area contributed by atoms with E-state index in [1.165, 1.54) is 29.7 Å². The van der Waals surface area contributed by atoms with Gasteiger partial charge in [-0.2, -0.15) is 0 Å². The first-order valence-corrected chi connectivity index (χ1v) is 8.86. The van der Waals surface area contributed by atoms with Gasteiger partial charge in [-0.1, -0.05) is 29.3 Å². The lowest BCUT2D eigenvalue weighted by Crippen LogP contribution is -2.41. The van der Waals surface area contributed by atoms with Crippen LogP contribution < -0.4 is 5.32 Å². The van der Waals surface area contributed by atoms with Crippen molar-refractivity contribution in [3.63, 3.8) is 0 Å². The Hall–Kier alpha value is -2.18. The van der Waals surface area contributed by atoms with Crippen LogP contribution in [0.15, 0.2) is 30.4 Å². The van der Waals surface area contributed by atoms with Crippen molar-refractivity contribution >= 4 is 11.9 Å². The summed E-state index contributed by atoms with van der Waals surface area (Å²) in [6.45, 7) is 12.4. The van der Waals surface area contributed by atoms with E-state index in [1.54, 1.807) is 0 Å². The van der Waals surface area contributed by atoms with Gasteiger partial charge in [-0.15, -0.1) is 0 Å². The van der Waals surface area contributed by atoms with Crippen molar-refractivity contribution in [1.29, 1.82) is 0 Å². The molecule has 0 aromatic heterocycles. The zero-order valence-corrected chi connectivity index (χ0v) is 16.0. The molecular formula is C20H30N2O4. The van der Waals surface area contributed by atoms with Gasteiger partial charge in [0, 0.05) is 37.3 Å². The topological polar surface area (TPSA) is 89.9 Å². The summed E-state index contributed by atoms with van der Waals surface area (Å²) in [5.41, 5.74) is 4.20. The fraction of sp³-hybridized carbons (Fsp3) is 0.500. The first kappa shape index (κ1) is 21.9. The van der Waals surface area contributed by atoms with Crippen LogP contribution in [0.5, 0.6) is 0 Å². The van der Waals surface area contributed by atoms with Crippen molar-refractivity contribution in [3.8, 4) is 0 Å². The Morgan fingerprint density at radius 3 is 2.08 bits per heavy atom. The molecule has 1 saturated heterocycles. The fourth-order valence-corrected chi connectivity index (χ4v) is 3.17. The van der Waals surface area contributed by atoms with Gasteiger partial charge in [0.1, 0.15) is 0 Å². The highest BCUT2D eigenvalue weighted by atomic mass is 16.4. The molecular weight excluding hydrogens is 332 g/mol. The van der Waals surface area contributed by atoms with Crippen LogP contribution in [0, 0.1) is 13.8 Å². The molecule has 26 heavy (non-hydrogen) atoms. The molecule has 1 fully saturated rings. The average Bonchev–Trinajstić information content (AvgIpc) is 3.04. The Balaban J connectivity index is 0.000000359. The maximum atomic E-state index is 9.55. The Kier molecular flexibility index (Phi) is 9.02. The third kappa shape index (κ3) is 8.27. The van der Waals surface area contributed by atoms with E-state index >= 15 is 0 Å². The Labute approximate surface area is 155 Å². The van der Waals surface area contributed by atoms with Crippen molar-refractivity contribution in [2.45, 2.75) is 52.7 Å². The number of aryl methyl sites for hydroxylation is 2. The number of hydrogen-bond acceptors (Lipinski definition) is 4. The van der Waals surface area contributed by atoms with E-state index in [2.05, 4.69) is 56.1 Å². The molecule has 0 bridgehead atoms. The fourth-order valence-electron chi connectivity index (χ4n) is 3.17. The minimum Gasteiger partial charge on any atom is -0.478 e. The molecule has 0 saturated carbocycles. The van der Waals surface area contributed by atoms with Crippen LogP contribution in [0.3, 0.4) is 0 Å². The predicted octanol–water partition coefficient (Wildman–Crippen LogP) is 2.59. The second-order valence-corrected chi connectivity index (χ2v) is 6.92. The highest BCUT2D eigenvalue weighted by Crippen LogP contribution is 2.18. The smallest absolute Gasteiger partial charge is 0.328 e. The molecule has 0 spiro atoms. The number of carboxylic acid groups (broad SMARTS) is 2. The van der Waals surface area contributed by atoms with Gasteiger partial charge >= 0.3 is 11.9 Å². The Morgan fingerprint density at radius 2 is 1.69 bits per heavy atom. The van der Waals surface area contributed by atoms with Gasteiger partial charge in [0.2, 0.25) is 0 Å². The number of carboxylic acids is 2. The van der Waals surface area contributed by atoms with Gasteiger partial charge in [0.15, 0.2) is 0 Å². The molecule has 3 N–H and O–H groups in total. The van der Waals surface area contributed by atoms with E-state index < -0.39 is 11.9 Å². The van der Waals surface area contributed by atoms with E-state index in [9.17, 15) is 9.59 Å². The van der Waals surface area contributed by atoms with E-state index in [0.29, 0.717) is 24.2 Å². The zero-order valence-electron chi connectivity index (χ0n) is 16.0. The summed E-state index contributed by atoms with van der Waals surface area (Å²) in [6, 6.07) is 8.21. The van der Waals surface area contributed by atoms with Gasteiger partial charge < -0.3 is 15.5 Å². The minimum atomic E-state index is -1.26. The largest absolute Gasteiger partial charge is 0.478 e. The summed E-state index contributed by atoms with van der Waals surface area (Å²) in [7, 11) is 0. The van der Waals surface area contributed by atoms with E-state index in [0.717, 1.165) is 13.1 Å². The number of nitrogens with zero attached hydrogens (tertiary/aromatic N) is 1. The van der Waals surface area contributed by atoms with Crippen molar-refractivity contribution in [1.82, 2.24) is 10.2 Å². The van der Waals surface area contributed by atoms with Crippen molar-refractivity contribution in [2.75, 3.05) is 13.1 Å². The number of nitrogens with one attached hydrogen (secondary N) is 1. The number of aliphatic carboxylic acids is 2. The van der Waals surface area contributed by atoms with Crippen LogP contribution in [0.1, 0.15) is 37.0 Å². The molecule has 0 amide bonds. The number of benzene rings is 1. The molecule has 1 aliphatic rings. The Morgan fingerprint density at radius 1 is 1.15 bits per heavy atom. The average molecular weight is 362 g/mol. The minimum absolute atomic E-state index is 0.558. The molecule has 2 rings (SSSR count). The third-order valence-electron chi connectivity index (χ3n) is 4.18. The molecule has 1 aliphatic heterocycles. The lowest BCUT2D eigenvalue weighted by atomic mass is 10.0. The third-order valence-corrected chi connectivity index (χ3v) is 4.18. The molecule has 1 heterocycles. The van der Waals surface area contributed by atoms with Crippen molar-refractivity contribution in [3.05, 3.63) is 47.0 Å². The summed E-state index contributed by atoms with van der Waals surface area (Å²) in [5, 5.41) is 19.1. The summed E-state index contributed by atoms with van der Waals surface area (Å²) in [4.78, 5) is 21.7. The monoisotopic (exact) mass is 362 g/mol. The maximum Gasteiger partial charge on any atom is 0.328 e. The van der Waals surface area contributed by atoms with E-state index in [1.807, 2.05) is 0 Å². The quantitative estimate of drug-likeness (QED) is 0.674. The highest BCUT2D eigenvalue weighted by Gasteiger charge is 2.24. The zero-order chi connectivity index (χ0) is 19.7. The van der Waals surface area contributed by atoms with Crippen LogP contribution in [-0.2, 0) is 16.1 Å². The van der Waals surface area contributed by atoms with E-state index in [4.69, 9.17) is 10.2 Å². The first-order chi connectivity index (χ1) is 12.2. The molecule has 6 heteroatoms. The molecule has 6 nitrogen and oxygen atoms in total. The van der Waals surface area contributed by atoms with Crippen LogP contribution in [0.4, 0.5) is 0 Å². The molecule has 0 radical (unpaired) electrons. The van der Waals surface area contributed by atoms with Crippen molar-refractivity contribution < 1.29 is 19.8 Å². The van der Waals surface area contributed by atoms with E-state index in [-0.39, 0.29) is 0 Å². The SMILES string of the molecule is Cc1cc(C)cc(CN(C(C)C)[C@H]2CCNC2)c1.O=C(O)C=CC(=O)O. The van der Waals surface area contributed by atoms with Crippen molar-refractivity contribution in [2.24, 2.45) is 0 Å². The summed E-state index contributed by atoms with van der Waals surface area (Å²) >= 11 is 0. The molecule has 1 aromatic rings. The summed E-state index contributed by atoms with van der Waals surface area (Å²) in [5.74, 6) is -2.51. The molecule has 0 unspecified atom stereocenters. The lowest BCUT2D eigenvalue weighted by Gasteiger charge is -2.32. The van der Waals surface area contributed by atoms with Gasteiger partial charge in [0.25, 0.3) is 0 Å². The number of rotatable bonds is 6. The number of hydrogen-bond donors (Lipinski definition) is 3. The predicted molar refractivity (Wildman–Crippen MR) is 102 cm³/mol. The standard InChI is InChI=1S/C16H26N2.C4H4O4/c1-12(2)18(16-5-6-17-10-16)11-15-8-13(3)7-14(4)9-15;5-3(6)1-2-4(7)8/h7-9,12,16-17H,5-6,10-11H2,1-4H3;1-2H,(H,5,6)(H,7,8)/t16-;/m0./s1. The van der Waals surface area contributed by atoms with Crippen LogP contribution >= 0.6 is 0 Å². The Bertz CT molecular complexity index is 598. The summed E-state index contributed by atoms with van der Waals surface area (Å²) < 4.78 is 0. The highest BCUT2D eigenvalue weighted by molar-refractivity contribution is 5.89. The van der Waals surface area contributed by atoms with Crippen LogP contribution in [-0.4, -0.2) is 52.2 Å². The van der Waals surface area contributed by atoms with Gasteiger partial charge in [-0.25, -0.2) is 9.59 Å². The maximum absolute atomic E-state index is 9.55. The van der Waals surface area contributed by atoms with Gasteiger partial charge in [-0.05, 0) is 46.2 Å². The van der Waals surface area contributed by atoms with Crippen LogP contribution in [0.25, 0.3) is 0 Å². The second-order valence-electron chi connectivity index (χ2n) is 6.92. The van der Waals surface area contributed by atoms with Gasteiger partial charge in [0.05, 0.1) is 0 Å². The molecule has 1 atom stereocenters. The molecule has 144 valence electrons. The lowest BCUT2D eigenvalue weighted by molar-refractivity contribution is -0.134. The second kappa shape index (κ2) is 10.7. The molecule has 1 aromatic carbocycles. The van der Waals surface area contributed by atoms with Gasteiger partial charge in [-0.3, -0.25) is 4.90 Å². The van der Waals surface area contributed by atoms with Crippen LogP contribution in [0.2, 0.25) is 0 Å².